The fourth-order valence-corrected chi connectivity index (χ4v) is 5.60. The lowest BCUT2D eigenvalue weighted by Crippen LogP contribution is -2.43. The molecule has 2 fully saturated rings. The second kappa shape index (κ2) is 8.41. The van der Waals surface area contributed by atoms with Gasteiger partial charge in [-0.1, -0.05) is 11.6 Å². The maximum absolute atomic E-state index is 13.4. The Bertz CT molecular complexity index is 1210. The quantitative estimate of drug-likeness (QED) is 0.597. The number of thiophene rings is 1. The molecule has 1 N–H and O–H groups in total. The predicted octanol–water partition coefficient (Wildman–Crippen LogP) is 4.72. The van der Waals surface area contributed by atoms with E-state index in [1.165, 1.54) is 17.5 Å². The fraction of sp³-hybridized carbons (Fsp3) is 0.435. The van der Waals surface area contributed by atoms with Gasteiger partial charge in [-0.05, 0) is 57.2 Å². The van der Waals surface area contributed by atoms with Crippen LogP contribution in [0.1, 0.15) is 58.4 Å². The third-order valence-corrected chi connectivity index (χ3v) is 7.58. The molecule has 0 radical (unpaired) electrons. The summed E-state index contributed by atoms with van der Waals surface area (Å²) in [5.74, 6) is 1.41. The summed E-state index contributed by atoms with van der Waals surface area (Å²) < 4.78 is 0. The van der Waals surface area contributed by atoms with E-state index in [-0.39, 0.29) is 17.7 Å². The fourth-order valence-electron chi connectivity index (χ4n) is 4.29. The molecule has 1 saturated carbocycles. The van der Waals surface area contributed by atoms with Gasteiger partial charge in [0.05, 0.1) is 21.5 Å². The van der Waals surface area contributed by atoms with Gasteiger partial charge in [0.2, 0.25) is 5.91 Å². The number of rotatable bonds is 4. The van der Waals surface area contributed by atoms with Gasteiger partial charge in [-0.2, -0.15) is 0 Å². The zero-order chi connectivity index (χ0) is 22.4. The lowest BCUT2D eigenvalue weighted by molar-refractivity contribution is -0.121. The highest BCUT2D eigenvalue weighted by Crippen LogP contribution is 2.40. The van der Waals surface area contributed by atoms with Gasteiger partial charge in [-0.25, -0.2) is 15.0 Å². The van der Waals surface area contributed by atoms with E-state index in [1.54, 1.807) is 17.0 Å². The minimum absolute atomic E-state index is 0.0278. The molecule has 2 amide bonds. The van der Waals surface area contributed by atoms with E-state index in [4.69, 9.17) is 21.6 Å². The number of carbonyl (C=O) groups excluding carboxylic acids is 2. The van der Waals surface area contributed by atoms with Crippen LogP contribution >= 0.6 is 22.9 Å². The molecule has 1 saturated heterocycles. The van der Waals surface area contributed by atoms with Gasteiger partial charge in [0.1, 0.15) is 16.5 Å². The van der Waals surface area contributed by atoms with E-state index >= 15 is 0 Å². The maximum atomic E-state index is 13.4. The van der Waals surface area contributed by atoms with Crippen LogP contribution in [-0.2, 0) is 4.79 Å². The van der Waals surface area contributed by atoms with Gasteiger partial charge >= 0.3 is 0 Å². The Morgan fingerprint density at radius 1 is 1.19 bits per heavy atom. The molecular formula is C23H24ClN5O2S. The van der Waals surface area contributed by atoms with E-state index in [9.17, 15) is 9.59 Å². The summed E-state index contributed by atoms with van der Waals surface area (Å²) in [7, 11) is 0. The molecular weight excluding hydrogens is 446 g/mol. The predicted molar refractivity (Wildman–Crippen MR) is 125 cm³/mol. The molecule has 0 aromatic carbocycles. The smallest absolute Gasteiger partial charge is 0.264 e. The lowest BCUT2D eigenvalue weighted by Gasteiger charge is -2.31. The van der Waals surface area contributed by atoms with E-state index in [1.807, 2.05) is 13.8 Å². The molecule has 1 atom stereocenters. The second-order valence-corrected chi connectivity index (χ2v) is 10.1. The standard InChI is InChI=1S/C23H24ClN5O2S/c1-12-18-13(2)26-20(14-5-6-14)28-22(18)32-19(12)23(31)29-9-3-4-15(11-29)21(30)27-17-8-7-16(24)10-25-17/h7-8,10,14-15H,3-6,9,11H2,1-2H3,(H,25,27,30). The van der Waals surface area contributed by atoms with Crippen molar-refractivity contribution in [2.24, 2.45) is 5.92 Å². The third kappa shape index (κ3) is 4.09. The summed E-state index contributed by atoms with van der Waals surface area (Å²) in [4.78, 5) is 43.2. The lowest BCUT2D eigenvalue weighted by atomic mass is 9.96. The number of hydrogen-bond acceptors (Lipinski definition) is 6. The zero-order valence-electron chi connectivity index (χ0n) is 18.0. The first-order valence-electron chi connectivity index (χ1n) is 10.9. The van der Waals surface area contributed by atoms with Crippen molar-refractivity contribution < 1.29 is 9.59 Å². The Hall–Kier alpha value is -2.58. The number of likely N-dealkylation sites (tertiary alicyclic amines) is 1. The molecule has 9 heteroatoms. The number of halogens is 1. The van der Waals surface area contributed by atoms with Gasteiger partial charge in [-0.3, -0.25) is 9.59 Å². The average Bonchev–Trinajstić information content (AvgIpc) is 3.58. The Morgan fingerprint density at radius 2 is 2.00 bits per heavy atom. The first kappa shape index (κ1) is 21.3. The molecule has 4 heterocycles. The minimum Gasteiger partial charge on any atom is -0.337 e. The number of aryl methyl sites for hydroxylation is 2. The van der Waals surface area contributed by atoms with Crippen LogP contribution in [0, 0.1) is 19.8 Å². The Kier molecular flexibility index (Phi) is 5.59. The number of fused-ring (bicyclic) bond motifs is 1. The molecule has 3 aromatic heterocycles. The monoisotopic (exact) mass is 469 g/mol. The third-order valence-electron chi connectivity index (χ3n) is 6.18. The number of carbonyl (C=O) groups is 2. The topological polar surface area (TPSA) is 88.1 Å². The van der Waals surface area contributed by atoms with Crippen LogP contribution in [0.4, 0.5) is 5.82 Å². The summed E-state index contributed by atoms with van der Waals surface area (Å²) in [5, 5.41) is 4.34. The highest BCUT2D eigenvalue weighted by Gasteiger charge is 2.32. The molecule has 3 aromatic rings. The van der Waals surface area contributed by atoms with E-state index < -0.39 is 0 Å². The van der Waals surface area contributed by atoms with Crippen molar-refractivity contribution in [3.8, 4) is 0 Å². The summed E-state index contributed by atoms with van der Waals surface area (Å²) in [6.07, 6.45) is 5.31. The molecule has 0 bridgehead atoms. The molecule has 32 heavy (non-hydrogen) atoms. The van der Waals surface area contributed by atoms with E-state index in [2.05, 4.69) is 10.3 Å². The zero-order valence-corrected chi connectivity index (χ0v) is 19.6. The van der Waals surface area contributed by atoms with Crippen molar-refractivity contribution in [2.45, 2.75) is 45.4 Å². The van der Waals surface area contributed by atoms with Crippen LogP contribution < -0.4 is 5.32 Å². The summed E-state index contributed by atoms with van der Waals surface area (Å²) in [6, 6.07) is 3.36. The normalized spacial score (nSPS) is 18.7. The second-order valence-electron chi connectivity index (χ2n) is 8.62. The number of nitrogens with one attached hydrogen (secondary N) is 1. The highest BCUT2D eigenvalue weighted by atomic mass is 35.5. The number of aromatic nitrogens is 3. The van der Waals surface area contributed by atoms with Crippen LogP contribution in [0.5, 0.6) is 0 Å². The molecule has 0 spiro atoms. The van der Waals surface area contributed by atoms with Gasteiger partial charge in [0.25, 0.3) is 5.91 Å². The molecule has 1 aliphatic heterocycles. The number of piperidine rings is 1. The summed E-state index contributed by atoms with van der Waals surface area (Å²) in [6.45, 7) is 5.01. The van der Waals surface area contributed by atoms with Crippen molar-refractivity contribution in [2.75, 3.05) is 18.4 Å². The van der Waals surface area contributed by atoms with Crippen molar-refractivity contribution in [3.63, 3.8) is 0 Å². The van der Waals surface area contributed by atoms with Crippen molar-refractivity contribution >= 4 is 50.8 Å². The number of anilines is 1. The van der Waals surface area contributed by atoms with Crippen LogP contribution in [0.15, 0.2) is 18.3 Å². The Labute approximate surface area is 195 Å². The largest absolute Gasteiger partial charge is 0.337 e. The molecule has 1 unspecified atom stereocenters. The van der Waals surface area contributed by atoms with Gasteiger partial charge in [0, 0.05) is 30.6 Å². The van der Waals surface area contributed by atoms with Crippen LogP contribution in [-0.4, -0.2) is 44.8 Å². The van der Waals surface area contributed by atoms with Gasteiger partial charge < -0.3 is 10.2 Å². The first-order valence-corrected chi connectivity index (χ1v) is 12.1. The maximum Gasteiger partial charge on any atom is 0.264 e. The summed E-state index contributed by atoms with van der Waals surface area (Å²) >= 11 is 7.31. The first-order chi connectivity index (χ1) is 15.4. The van der Waals surface area contributed by atoms with Crippen molar-refractivity contribution in [1.29, 1.82) is 0 Å². The molecule has 1 aliphatic carbocycles. The van der Waals surface area contributed by atoms with Crippen molar-refractivity contribution in [1.82, 2.24) is 19.9 Å². The molecule has 166 valence electrons. The Balaban J connectivity index is 1.34. The molecule has 5 rings (SSSR count). The van der Waals surface area contributed by atoms with Crippen molar-refractivity contribution in [3.05, 3.63) is 45.3 Å². The molecule has 2 aliphatic rings. The average molecular weight is 470 g/mol. The van der Waals surface area contributed by atoms with Crippen LogP contribution in [0.3, 0.4) is 0 Å². The SMILES string of the molecule is Cc1nc(C2CC2)nc2sc(C(=O)N3CCCC(C(=O)Nc4ccc(Cl)cn4)C3)c(C)c12. The number of nitrogens with zero attached hydrogens (tertiary/aromatic N) is 4. The van der Waals surface area contributed by atoms with Gasteiger partial charge in [-0.15, -0.1) is 11.3 Å². The van der Waals surface area contributed by atoms with Crippen LogP contribution in [0.2, 0.25) is 5.02 Å². The summed E-state index contributed by atoms with van der Waals surface area (Å²) in [5.41, 5.74) is 1.88. The van der Waals surface area contributed by atoms with E-state index in [0.717, 1.165) is 53.0 Å². The Morgan fingerprint density at radius 3 is 2.72 bits per heavy atom. The van der Waals surface area contributed by atoms with Crippen LogP contribution in [0.25, 0.3) is 10.2 Å². The molecule has 7 nitrogen and oxygen atoms in total. The van der Waals surface area contributed by atoms with Gasteiger partial charge in [0.15, 0.2) is 0 Å². The minimum atomic E-state index is -0.275. The van der Waals surface area contributed by atoms with E-state index in [0.29, 0.717) is 34.7 Å². The number of hydrogen-bond donors (Lipinski definition) is 1. The highest BCUT2D eigenvalue weighted by molar-refractivity contribution is 7.20. The number of pyridine rings is 1. The number of amides is 2.